The molecule has 11 heteroatoms. The maximum atomic E-state index is 14.1. The van der Waals surface area contributed by atoms with Crippen molar-refractivity contribution in [2.24, 2.45) is 11.8 Å². The van der Waals surface area contributed by atoms with Crippen molar-refractivity contribution in [3.8, 4) is 5.75 Å². The van der Waals surface area contributed by atoms with Crippen LogP contribution < -0.4 is 15.0 Å². The van der Waals surface area contributed by atoms with E-state index in [0.717, 1.165) is 55.1 Å². The smallest absolute Gasteiger partial charge is 0.430 e. The molecule has 2 fully saturated rings. The molecule has 218 valence electrons. The normalized spacial score (nSPS) is 18.8. The third-order valence-corrected chi connectivity index (χ3v) is 8.49. The quantitative estimate of drug-likeness (QED) is 0.481. The van der Waals surface area contributed by atoms with Crippen LogP contribution >= 0.6 is 11.6 Å². The Morgan fingerprint density at radius 3 is 2.20 bits per heavy atom. The Morgan fingerprint density at radius 2 is 1.65 bits per heavy atom. The highest BCUT2D eigenvalue weighted by Gasteiger charge is 2.62. The number of hydrogen-bond acceptors (Lipinski definition) is 5. The Balaban J connectivity index is 1.31. The van der Waals surface area contributed by atoms with Crippen LogP contribution in [0.3, 0.4) is 0 Å². The van der Waals surface area contributed by atoms with Crippen LogP contribution in [0.15, 0.2) is 42.5 Å². The van der Waals surface area contributed by atoms with Crippen LogP contribution in [0.1, 0.15) is 48.0 Å². The number of amides is 2. The van der Waals surface area contributed by atoms with Crippen LogP contribution in [-0.2, 0) is 10.4 Å². The van der Waals surface area contributed by atoms with Gasteiger partial charge in [-0.3, -0.25) is 9.59 Å². The zero-order valence-corrected chi connectivity index (χ0v) is 23.4. The lowest BCUT2D eigenvalue weighted by Gasteiger charge is -2.40. The number of aliphatic hydroxyl groups is 1. The van der Waals surface area contributed by atoms with Gasteiger partial charge in [-0.25, -0.2) is 0 Å². The van der Waals surface area contributed by atoms with Crippen LogP contribution in [0.4, 0.5) is 18.9 Å². The van der Waals surface area contributed by atoms with Crippen molar-refractivity contribution in [1.82, 2.24) is 10.2 Å². The van der Waals surface area contributed by atoms with E-state index in [1.165, 1.54) is 19.2 Å². The molecule has 2 aliphatic heterocycles. The fourth-order valence-corrected chi connectivity index (χ4v) is 6.04. The number of nitrogens with one attached hydrogen (secondary N) is 1. The molecule has 2 saturated heterocycles. The van der Waals surface area contributed by atoms with Gasteiger partial charge in [0.05, 0.1) is 17.7 Å². The first kappa shape index (κ1) is 30.0. The molecular weight excluding hydrogens is 547 g/mol. The second-order valence-electron chi connectivity index (χ2n) is 10.6. The van der Waals surface area contributed by atoms with Crippen LogP contribution in [0.2, 0.25) is 5.02 Å². The third-order valence-electron chi connectivity index (χ3n) is 8.18. The number of likely N-dealkylation sites (tertiary alicyclic amines) is 1. The molecule has 0 radical (unpaired) electrons. The van der Waals surface area contributed by atoms with Crippen LogP contribution in [0.5, 0.6) is 5.75 Å². The van der Waals surface area contributed by atoms with Crippen molar-refractivity contribution >= 4 is 29.1 Å². The van der Waals surface area contributed by atoms with E-state index in [-0.39, 0.29) is 24.7 Å². The van der Waals surface area contributed by atoms with E-state index in [2.05, 4.69) is 10.2 Å². The Labute approximate surface area is 237 Å². The van der Waals surface area contributed by atoms with Gasteiger partial charge in [0.15, 0.2) is 0 Å². The Morgan fingerprint density at radius 1 is 1.02 bits per heavy atom. The summed E-state index contributed by atoms with van der Waals surface area (Å²) in [4.78, 5) is 28.4. The Bertz CT molecular complexity index is 1210. The highest BCUT2D eigenvalue weighted by molar-refractivity contribution is 6.34. The number of alkyl halides is 3. The SMILES string of the molecule is CNC(=O)c1ccc(N2CCC(CC3CCN(C(=O)C(O)(c4cccc(OC)c4)C(F)(F)F)CC3)CC2)cc1Cl. The predicted octanol–water partition coefficient (Wildman–Crippen LogP) is 5.00. The van der Waals surface area contributed by atoms with E-state index in [1.54, 1.807) is 13.1 Å². The van der Waals surface area contributed by atoms with Crippen molar-refractivity contribution in [1.29, 1.82) is 0 Å². The van der Waals surface area contributed by atoms with Gasteiger partial charge >= 0.3 is 6.18 Å². The number of methoxy groups -OCH3 is 1. The zero-order valence-electron chi connectivity index (χ0n) is 22.6. The van der Waals surface area contributed by atoms with E-state index in [9.17, 15) is 27.9 Å². The van der Waals surface area contributed by atoms with E-state index < -0.39 is 23.2 Å². The summed E-state index contributed by atoms with van der Waals surface area (Å²) in [5, 5.41) is 13.8. The molecule has 2 heterocycles. The van der Waals surface area contributed by atoms with Gasteiger partial charge in [-0.2, -0.15) is 13.2 Å². The van der Waals surface area contributed by atoms with Crippen molar-refractivity contribution in [3.63, 3.8) is 0 Å². The molecule has 1 unspecified atom stereocenters. The summed E-state index contributed by atoms with van der Waals surface area (Å²) in [5.74, 6) is -0.667. The van der Waals surface area contributed by atoms with Crippen LogP contribution in [-0.4, -0.2) is 68.3 Å². The molecule has 4 rings (SSSR count). The van der Waals surface area contributed by atoms with Crippen molar-refractivity contribution in [2.45, 2.75) is 43.9 Å². The Hall–Kier alpha value is -2.98. The summed E-state index contributed by atoms with van der Waals surface area (Å²) in [6.45, 7) is 2.02. The van der Waals surface area contributed by atoms with E-state index in [0.29, 0.717) is 35.3 Å². The first-order chi connectivity index (χ1) is 19.0. The number of benzene rings is 2. The number of halogens is 4. The van der Waals surface area contributed by atoms with Gasteiger partial charge in [-0.1, -0.05) is 23.7 Å². The third kappa shape index (κ3) is 6.17. The largest absolute Gasteiger partial charge is 0.497 e. The summed E-state index contributed by atoms with van der Waals surface area (Å²) in [6, 6.07) is 10.4. The fraction of sp³-hybridized carbons (Fsp3) is 0.517. The van der Waals surface area contributed by atoms with Crippen molar-refractivity contribution in [2.75, 3.05) is 45.2 Å². The second kappa shape index (κ2) is 12.3. The summed E-state index contributed by atoms with van der Waals surface area (Å²) in [6.07, 6.45) is -1.11. The van der Waals surface area contributed by atoms with Gasteiger partial charge in [0.2, 0.25) is 0 Å². The summed E-state index contributed by atoms with van der Waals surface area (Å²) < 4.78 is 47.3. The number of nitrogens with zero attached hydrogens (tertiary/aromatic N) is 2. The van der Waals surface area contributed by atoms with Crippen LogP contribution in [0.25, 0.3) is 0 Å². The lowest BCUT2D eigenvalue weighted by molar-refractivity contribution is -0.262. The molecule has 0 spiro atoms. The van der Waals surface area contributed by atoms with Gasteiger partial charge in [-0.05, 0) is 74.3 Å². The predicted molar refractivity (Wildman–Crippen MR) is 147 cm³/mol. The lowest BCUT2D eigenvalue weighted by atomic mass is 9.82. The maximum absolute atomic E-state index is 14.1. The fourth-order valence-electron chi connectivity index (χ4n) is 5.77. The number of carbonyl (C=O) groups is 2. The Kier molecular flexibility index (Phi) is 9.19. The zero-order chi connectivity index (χ0) is 29.1. The molecule has 1 atom stereocenters. The topological polar surface area (TPSA) is 82.1 Å². The summed E-state index contributed by atoms with van der Waals surface area (Å²) in [5.41, 5.74) is -2.79. The molecule has 40 heavy (non-hydrogen) atoms. The average molecular weight is 582 g/mol. The van der Waals surface area contributed by atoms with Crippen LogP contribution in [0, 0.1) is 11.8 Å². The monoisotopic (exact) mass is 581 g/mol. The molecule has 2 aromatic rings. The minimum atomic E-state index is -5.19. The number of hydrogen-bond donors (Lipinski definition) is 2. The first-order valence-corrected chi connectivity index (χ1v) is 13.8. The number of rotatable bonds is 7. The van der Waals surface area contributed by atoms with E-state index in [1.807, 2.05) is 12.1 Å². The molecule has 0 bridgehead atoms. The molecule has 0 aliphatic carbocycles. The maximum Gasteiger partial charge on any atom is 0.430 e. The second-order valence-corrected chi connectivity index (χ2v) is 11.0. The average Bonchev–Trinajstić information content (AvgIpc) is 2.96. The van der Waals surface area contributed by atoms with Gasteiger partial charge in [0.25, 0.3) is 17.4 Å². The molecule has 2 aromatic carbocycles. The van der Waals surface area contributed by atoms with Gasteiger partial charge in [-0.15, -0.1) is 0 Å². The van der Waals surface area contributed by atoms with Gasteiger partial charge < -0.3 is 25.0 Å². The number of carbonyl (C=O) groups excluding carboxylic acids is 2. The van der Waals surface area contributed by atoms with E-state index in [4.69, 9.17) is 16.3 Å². The van der Waals surface area contributed by atoms with Gasteiger partial charge in [0.1, 0.15) is 5.75 Å². The first-order valence-electron chi connectivity index (χ1n) is 13.5. The van der Waals surface area contributed by atoms with Crippen molar-refractivity contribution < 1.29 is 32.6 Å². The molecule has 2 aliphatic rings. The van der Waals surface area contributed by atoms with E-state index >= 15 is 0 Å². The molecule has 7 nitrogen and oxygen atoms in total. The molecule has 2 N–H and O–H groups in total. The standard InChI is InChI=1S/C29H35ClF3N3O4/c1-34-26(37)24-7-6-22(18-25(24)30)35-12-8-19(9-13-35)16-20-10-14-36(15-11-20)27(38)28(39,29(31,32)33)21-4-3-5-23(17-21)40-2/h3-7,17-20,39H,8-16H2,1-2H3,(H,34,37). The number of piperidine rings is 2. The lowest BCUT2D eigenvalue weighted by Crippen LogP contribution is -2.57. The highest BCUT2D eigenvalue weighted by Crippen LogP contribution is 2.42. The minimum absolute atomic E-state index is 0.127. The molecule has 0 aromatic heterocycles. The molecular formula is C29H35ClF3N3O4. The number of ether oxygens (including phenoxy) is 1. The summed E-state index contributed by atoms with van der Waals surface area (Å²) >= 11 is 6.32. The molecule has 0 saturated carbocycles. The minimum Gasteiger partial charge on any atom is -0.497 e. The molecule has 2 amide bonds. The van der Waals surface area contributed by atoms with Crippen molar-refractivity contribution in [3.05, 3.63) is 58.6 Å². The summed E-state index contributed by atoms with van der Waals surface area (Å²) in [7, 11) is 2.87. The number of anilines is 1. The highest BCUT2D eigenvalue weighted by atomic mass is 35.5. The van der Waals surface area contributed by atoms with Gasteiger partial charge in [0, 0.05) is 44.5 Å².